The zero-order valence-electron chi connectivity index (χ0n) is 20.9. The first-order valence-corrected chi connectivity index (χ1v) is 12.3. The summed E-state index contributed by atoms with van der Waals surface area (Å²) in [5, 5.41) is 25.9. The Morgan fingerprint density at radius 3 is 2.64 bits per heavy atom. The second kappa shape index (κ2) is 11.5. The maximum absolute atomic E-state index is 12.7. The highest BCUT2D eigenvalue weighted by atomic mass is 16.5. The average molecular weight is 488 g/mol. The number of hydrogen-bond acceptors (Lipinski definition) is 6. The average Bonchev–Trinajstić information content (AvgIpc) is 2.90. The quantitative estimate of drug-likeness (QED) is 0.480. The van der Waals surface area contributed by atoms with Crippen LogP contribution in [0.3, 0.4) is 0 Å². The monoisotopic (exact) mass is 487 g/mol. The molecule has 1 aliphatic rings. The van der Waals surface area contributed by atoms with Gasteiger partial charge in [0.1, 0.15) is 24.5 Å². The van der Waals surface area contributed by atoms with Gasteiger partial charge in [-0.3, -0.25) is 4.79 Å². The number of carbonyl (C=O) groups excluding carboxylic acids is 1. The number of β-amino-alcohol motifs (C(OH)–C–C–N with tert-alkyl or cyclic N) is 1. The standard InChI is InChI=1S/C29H33N3O4/c1-29(2,17-21-7-8-22-5-3-4-6-23(22)15-21)31-19-26(33)20-36-27-10-9-24(16-25(27)18-30)28(34)32-11-13-35-14-12-32/h3-10,15-16,26,31,33H,11-14,17,19-20H2,1-2H3/t26-/m1/s1. The topological polar surface area (TPSA) is 94.8 Å². The Morgan fingerprint density at radius 2 is 1.89 bits per heavy atom. The number of ether oxygens (including phenoxy) is 2. The van der Waals surface area contributed by atoms with Crippen molar-refractivity contribution >= 4 is 16.7 Å². The third kappa shape index (κ3) is 6.61. The van der Waals surface area contributed by atoms with Crippen LogP contribution in [0.4, 0.5) is 0 Å². The smallest absolute Gasteiger partial charge is 0.254 e. The van der Waals surface area contributed by atoms with E-state index in [1.807, 2.05) is 12.1 Å². The van der Waals surface area contributed by atoms with Gasteiger partial charge in [-0.1, -0.05) is 42.5 Å². The molecule has 1 aliphatic heterocycles. The Morgan fingerprint density at radius 1 is 1.14 bits per heavy atom. The first-order chi connectivity index (χ1) is 17.3. The predicted octanol–water partition coefficient (Wildman–Crippen LogP) is 3.53. The highest BCUT2D eigenvalue weighted by Gasteiger charge is 2.22. The molecule has 0 aromatic heterocycles. The van der Waals surface area contributed by atoms with E-state index >= 15 is 0 Å². The third-order valence-electron chi connectivity index (χ3n) is 6.35. The maximum atomic E-state index is 12.7. The molecule has 7 nitrogen and oxygen atoms in total. The van der Waals surface area contributed by atoms with E-state index in [1.54, 1.807) is 23.1 Å². The normalized spacial score (nSPS) is 14.9. The molecule has 36 heavy (non-hydrogen) atoms. The van der Waals surface area contributed by atoms with Crippen LogP contribution in [0.1, 0.15) is 35.3 Å². The first-order valence-electron chi connectivity index (χ1n) is 12.3. The molecule has 7 heteroatoms. The van der Waals surface area contributed by atoms with E-state index in [4.69, 9.17) is 9.47 Å². The summed E-state index contributed by atoms with van der Waals surface area (Å²) in [7, 11) is 0. The van der Waals surface area contributed by atoms with Crippen LogP contribution in [0.2, 0.25) is 0 Å². The van der Waals surface area contributed by atoms with Crippen molar-refractivity contribution < 1.29 is 19.4 Å². The SMILES string of the molecule is CC(C)(Cc1ccc2ccccc2c1)NC[C@@H](O)COc1ccc(C(=O)N2CCOCC2)cc1C#N. The number of amides is 1. The molecule has 0 bridgehead atoms. The van der Waals surface area contributed by atoms with Crippen LogP contribution in [0.25, 0.3) is 10.8 Å². The van der Waals surface area contributed by atoms with Crippen molar-refractivity contribution in [1.82, 2.24) is 10.2 Å². The highest BCUT2D eigenvalue weighted by molar-refractivity contribution is 5.95. The number of morpholine rings is 1. The Hall–Kier alpha value is -3.44. The summed E-state index contributed by atoms with van der Waals surface area (Å²) >= 11 is 0. The van der Waals surface area contributed by atoms with Crippen LogP contribution in [0, 0.1) is 11.3 Å². The lowest BCUT2D eigenvalue weighted by molar-refractivity contribution is 0.0303. The van der Waals surface area contributed by atoms with Crippen LogP contribution in [0.5, 0.6) is 5.75 Å². The number of benzene rings is 3. The van der Waals surface area contributed by atoms with Gasteiger partial charge in [0.15, 0.2) is 0 Å². The van der Waals surface area contributed by atoms with Crippen LogP contribution < -0.4 is 10.1 Å². The summed E-state index contributed by atoms with van der Waals surface area (Å²) < 4.78 is 11.0. The summed E-state index contributed by atoms with van der Waals surface area (Å²) in [6, 6.07) is 21.7. The molecule has 1 amide bonds. The van der Waals surface area contributed by atoms with Gasteiger partial charge in [-0.15, -0.1) is 0 Å². The number of nitriles is 1. The lowest BCUT2D eigenvalue weighted by Crippen LogP contribution is -2.46. The molecule has 2 N–H and O–H groups in total. The Balaban J connectivity index is 1.29. The molecule has 0 aliphatic carbocycles. The van der Waals surface area contributed by atoms with Crippen LogP contribution in [0.15, 0.2) is 60.7 Å². The highest BCUT2D eigenvalue weighted by Crippen LogP contribution is 2.22. The van der Waals surface area contributed by atoms with Gasteiger partial charge in [0, 0.05) is 30.7 Å². The lowest BCUT2D eigenvalue weighted by atomic mass is 9.93. The van der Waals surface area contributed by atoms with Gasteiger partial charge in [0.05, 0.1) is 18.8 Å². The molecule has 1 atom stereocenters. The van der Waals surface area contributed by atoms with E-state index in [9.17, 15) is 15.2 Å². The van der Waals surface area contributed by atoms with Crippen LogP contribution in [-0.2, 0) is 11.2 Å². The molecule has 0 unspecified atom stereocenters. The van der Waals surface area contributed by atoms with Gasteiger partial charge < -0.3 is 24.8 Å². The van der Waals surface area contributed by atoms with E-state index in [1.165, 1.54) is 16.3 Å². The Kier molecular flexibility index (Phi) is 8.21. The Labute approximate surface area is 212 Å². The number of rotatable bonds is 9. The van der Waals surface area contributed by atoms with Crippen molar-refractivity contribution in [1.29, 1.82) is 5.26 Å². The summed E-state index contributed by atoms with van der Waals surface area (Å²) in [4.78, 5) is 14.4. The fraction of sp³-hybridized carbons (Fsp3) is 0.379. The minimum atomic E-state index is -0.762. The number of nitrogens with one attached hydrogen (secondary N) is 1. The van der Waals surface area contributed by atoms with E-state index in [0.717, 1.165) is 6.42 Å². The van der Waals surface area contributed by atoms with Crippen LogP contribution in [-0.4, -0.2) is 67.0 Å². The molecule has 3 aromatic rings. The fourth-order valence-corrected chi connectivity index (χ4v) is 4.39. The zero-order chi connectivity index (χ0) is 25.5. The summed E-state index contributed by atoms with van der Waals surface area (Å²) in [5.41, 5.74) is 1.70. The van der Waals surface area contributed by atoms with Gasteiger partial charge in [-0.05, 0) is 54.8 Å². The van der Waals surface area contributed by atoms with E-state index in [0.29, 0.717) is 44.2 Å². The van der Waals surface area contributed by atoms with E-state index in [-0.39, 0.29) is 23.6 Å². The van der Waals surface area contributed by atoms with E-state index in [2.05, 4.69) is 55.6 Å². The number of aliphatic hydroxyl groups is 1. The van der Waals surface area contributed by atoms with Crippen molar-refractivity contribution in [2.45, 2.75) is 31.9 Å². The third-order valence-corrected chi connectivity index (χ3v) is 6.35. The number of hydrogen-bond donors (Lipinski definition) is 2. The molecule has 4 rings (SSSR count). The molecule has 0 saturated carbocycles. The first kappa shape index (κ1) is 25.6. The molecule has 0 radical (unpaired) electrons. The van der Waals surface area contributed by atoms with Crippen molar-refractivity contribution in [3.63, 3.8) is 0 Å². The van der Waals surface area contributed by atoms with Crippen molar-refractivity contribution in [3.8, 4) is 11.8 Å². The van der Waals surface area contributed by atoms with Crippen molar-refractivity contribution in [2.75, 3.05) is 39.5 Å². The second-order valence-electron chi connectivity index (χ2n) is 9.82. The second-order valence-corrected chi connectivity index (χ2v) is 9.82. The van der Waals surface area contributed by atoms with Crippen LogP contribution >= 0.6 is 0 Å². The summed E-state index contributed by atoms with van der Waals surface area (Å²) in [5.74, 6) is 0.227. The van der Waals surface area contributed by atoms with Gasteiger partial charge in [0.25, 0.3) is 5.91 Å². The minimum Gasteiger partial charge on any atom is -0.489 e. The molecule has 188 valence electrons. The lowest BCUT2D eigenvalue weighted by Gasteiger charge is -2.28. The van der Waals surface area contributed by atoms with Crippen molar-refractivity contribution in [2.24, 2.45) is 0 Å². The maximum Gasteiger partial charge on any atom is 0.254 e. The minimum absolute atomic E-state index is 0.0322. The predicted molar refractivity (Wildman–Crippen MR) is 139 cm³/mol. The number of nitrogens with zero attached hydrogens (tertiary/aromatic N) is 2. The summed E-state index contributed by atoms with van der Waals surface area (Å²) in [6.45, 7) is 6.69. The fourth-order valence-electron chi connectivity index (χ4n) is 4.39. The van der Waals surface area contributed by atoms with Crippen molar-refractivity contribution in [3.05, 3.63) is 77.4 Å². The van der Waals surface area contributed by atoms with Gasteiger partial charge in [-0.2, -0.15) is 5.26 Å². The van der Waals surface area contributed by atoms with E-state index < -0.39 is 6.10 Å². The van der Waals surface area contributed by atoms with Gasteiger partial charge in [0.2, 0.25) is 0 Å². The molecule has 3 aromatic carbocycles. The van der Waals surface area contributed by atoms with Gasteiger partial charge in [-0.25, -0.2) is 0 Å². The molecular formula is C29H33N3O4. The summed E-state index contributed by atoms with van der Waals surface area (Å²) in [6.07, 6.45) is 0.0462. The Bertz CT molecular complexity index is 1240. The zero-order valence-corrected chi connectivity index (χ0v) is 20.9. The molecule has 1 heterocycles. The molecule has 0 spiro atoms. The number of carbonyl (C=O) groups is 1. The molecular weight excluding hydrogens is 454 g/mol. The number of fused-ring (bicyclic) bond motifs is 1. The molecule has 1 saturated heterocycles. The molecule has 1 fully saturated rings. The largest absolute Gasteiger partial charge is 0.489 e. The number of aliphatic hydroxyl groups excluding tert-OH is 1. The van der Waals surface area contributed by atoms with Gasteiger partial charge >= 0.3 is 0 Å².